The van der Waals surface area contributed by atoms with Gasteiger partial charge in [0.05, 0.1) is 4.47 Å². The summed E-state index contributed by atoms with van der Waals surface area (Å²) in [6.07, 6.45) is 0. The molecule has 0 spiro atoms. The van der Waals surface area contributed by atoms with E-state index in [2.05, 4.69) is 20.9 Å². The zero-order valence-corrected chi connectivity index (χ0v) is 11.1. The van der Waals surface area contributed by atoms with Crippen molar-refractivity contribution in [3.05, 3.63) is 56.2 Å². The van der Waals surface area contributed by atoms with Gasteiger partial charge in [0.25, 0.3) is 0 Å². The number of halogens is 2. The van der Waals surface area contributed by atoms with Crippen LogP contribution in [0.15, 0.2) is 33.5 Å². The number of aromatic nitrogens is 1. The maximum atomic E-state index is 12.9. The van der Waals surface area contributed by atoms with Gasteiger partial charge in [-0.05, 0) is 47.5 Å². The summed E-state index contributed by atoms with van der Waals surface area (Å²) in [5.41, 5.74) is 2.78. The highest BCUT2D eigenvalue weighted by Crippen LogP contribution is 2.22. The second-order valence-electron chi connectivity index (χ2n) is 3.90. The third-order valence-corrected chi connectivity index (χ3v) is 3.59. The lowest BCUT2D eigenvalue weighted by Crippen LogP contribution is -2.11. The molecule has 88 valence electrons. The van der Waals surface area contributed by atoms with E-state index in [0.29, 0.717) is 15.6 Å². The minimum Gasteiger partial charge on any atom is -0.361 e. The molecule has 0 saturated carbocycles. The Bertz CT molecular complexity index is 617. The minimum absolute atomic E-state index is 0.0784. The van der Waals surface area contributed by atoms with Crippen LogP contribution in [0.2, 0.25) is 0 Å². The Labute approximate surface area is 107 Å². The normalized spacial score (nSPS) is 10.6. The number of H-pyrrole nitrogens is 1. The molecular formula is C13H11BrFNO. The van der Waals surface area contributed by atoms with E-state index in [1.165, 1.54) is 12.1 Å². The highest BCUT2D eigenvalue weighted by atomic mass is 79.9. The molecule has 1 aromatic heterocycles. The molecule has 2 aromatic rings. The van der Waals surface area contributed by atoms with Crippen molar-refractivity contribution < 1.29 is 4.39 Å². The average Bonchev–Trinajstić information content (AvgIpc) is 2.29. The third-order valence-electron chi connectivity index (χ3n) is 2.64. The SMILES string of the molecule is Cc1[nH]c(C)c(-c2ccc(F)cc2)c(=O)c1Br. The average molecular weight is 296 g/mol. The van der Waals surface area contributed by atoms with E-state index in [0.717, 1.165) is 11.4 Å². The van der Waals surface area contributed by atoms with Gasteiger partial charge >= 0.3 is 0 Å². The van der Waals surface area contributed by atoms with Gasteiger partial charge in [-0.25, -0.2) is 4.39 Å². The molecule has 0 aliphatic rings. The van der Waals surface area contributed by atoms with Crippen molar-refractivity contribution in [2.24, 2.45) is 0 Å². The van der Waals surface area contributed by atoms with Gasteiger partial charge in [0, 0.05) is 17.0 Å². The number of hydrogen-bond acceptors (Lipinski definition) is 1. The van der Waals surface area contributed by atoms with E-state index in [-0.39, 0.29) is 11.2 Å². The largest absolute Gasteiger partial charge is 0.361 e. The highest BCUT2D eigenvalue weighted by Gasteiger charge is 2.12. The molecule has 0 atom stereocenters. The topological polar surface area (TPSA) is 32.9 Å². The van der Waals surface area contributed by atoms with Gasteiger partial charge in [0.1, 0.15) is 5.82 Å². The molecule has 0 aliphatic heterocycles. The summed E-state index contributed by atoms with van der Waals surface area (Å²) in [7, 11) is 0. The van der Waals surface area contributed by atoms with Crippen LogP contribution in [0, 0.1) is 19.7 Å². The summed E-state index contributed by atoms with van der Waals surface area (Å²) >= 11 is 3.26. The van der Waals surface area contributed by atoms with Crippen LogP contribution in [0.5, 0.6) is 0 Å². The number of aryl methyl sites for hydroxylation is 2. The van der Waals surface area contributed by atoms with Gasteiger partial charge in [-0.2, -0.15) is 0 Å². The Morgan fingerprint density at radius 3 is 2.29 bits per heavy atom. The first-order valence-electron chi connectivity index (χ1n) is 5.15. The molecule has 0 aliphatic carbocycles. The Balaban J connectivity index is 2.72. The summed E-state index contributed by atoms with van der Waals surface area (Å²) < 4.78 is 13.4. The maximum absolute atomic E-state index is 12.9. The van der Waals surface area contributed by atoms with Crippen molar-refractivity contribution in [1.82, 2.24) is 4.98 Å². The van der Waals surface area contributed by atoms with Gasteiger partial charge in [-0.3, -0.25) is 4.79 Å². The molecule has 4 heteroatoms. The summed E-state index contributed by atoms with van der Waals surface area (Å²) in [5.74, 6) is -0.311. The first-order valence-corrected chi connectivity index (χ1v) is 5.95. The number of nitrogens with one attached hydrogen (secondary N) is 1. The third kappa shape index (κ3) is 2.17. The lowest BCUT2D eigenvalue weighted by Gasteiger charge is -2.08. The molecule has 0 bridgehead atoms. The van der Waals surface area contributed by atoms with Crippen molar-refractivity contribution in [1.29, 1.82) is 0 Å². The molecular weight excluding hydrogens is 285 g/mol. The van der Waals surface area contributed by atoms with Crippen molar-refractivity contribution >= 4 is 15.9 Å². The van der Waals surface area contributed by atoms with Crippen LogP contribution in [-0.2, 0) is 0 Å². The fourth-order valence-electron chi connectivity index (χ4n) is 1.81. The van der Waals surface area contributed by atoms with E-state index in [1.54, 1.807) is 12.1 Å². The standard InChI is InChI=1S/C13H11BrFNO/c1-7-11(9-3-5-10(15)6-4-9)13(17)12(14)8(2)16-7/h3-6H,1-2H3,(H,16,17). The van der Waals surface area contributed by atoms with E-state index in [4.69, 9.17) is 0 Å². The van der Waals surface area contributed by atoms with Crippen LogP contribution in [-0.4, -0.2) is 4.98 Å². The molecule has 0 fully saturated rings. The van der Waals surface area contributed by atoms with Gasteiger partial charge in [0.2, 0.25) is 5.43 Å². The van der Waals surface area contributed by atoms with Crippen LogP contribution in [0.3, 0.4) is 0 Å². The smallest absolute Gasteiger partial charge is 0.204 e. The van der Waals surface area contributed by atoms with Crippen LogP contribution in [0.4, 0.5) is 4.39 Å². The zero-order valence-electron chi connectivity index (χ0n) is 9.47. The Morgan fingerprint density at radius 1 is 1.12 bits per heavy atom. The van der Waals surface area contributed by atoms with Crippen molar-refractivity contribution in [3.63, 3.8) is 0 Å². The molecule has 0 saturated heterocycles. The second kappa shape index (κ2) is 4.45. The maximum Gasteiger partial charge on any atom is 0.204 e. The molecule has 1 heterocycles. The van der Waals surface area contributed by atoms with E-state index in [1.807, 2.05) is 13.8 Å². The monoisotopic (exact) mass is 295 g/mol. The second-order valence-corrected chi connectivity index (χ2v) is 4.69. The van der Waals surface area contributed by atoms with Gasteiger partial charge in [0.15, 0.2) is 0 Å². The molecule has 2 nitrogen and oxygen atoms in total. The van der Waals surface area contributed by atoms with E-state index >= 15 is 0 Å². The number of rotatable bonds is 1. The Kier molecular flexibility index (Phi) is 3.15. The van der Waals surface area contributed by atoms with E-state index < -0.39 is 0 Å². The number of pyridine rings is 1. The molecule has 0 amide bonds. The molecule has 17 heavy (non-hydrogen) atoms. The predicted molar refractivity (Wildman–Crippen MR) is 69.6 cm³/mol. The van der Waals surface area contributed by atoms with Crippen LogP contribution in [0.1, 0.15) is 11.4 Å². The lowest BCUT2D eigenvalue weighted by atomic mass is 10.0. The summed E-state index contributed by atoms with van der Waals surface area (Å²) in [5, 5.41) is 0. The van der Waals surface area contributed by atoms with Crippen molar-refractivity contribution in [3.8, 4) is 11.1 Å². The molecule has 0 unspecified atom stereocenters. The van der Waals surface area contributed by atoms with Crippen molar-refractivity contribution in [2.75, 3.05) is 0 Å². The highest BCUT2D eigenvalue weighted by molar-refractivity contribution is 9.10. The van der Waals surface area contributed by atoms with Crippen LogP contribution >= 0.6 is 15.9 Å². The summed E-state index contributed by atoms with van der Waals surface area (Å²) in [4.78, 5) is 15.3. The lowest BCUT2D eigenvalue weighted by molar-refractivity contribution is 0.628. The molecule has 1 N–H and O–H groups in total. The number of aromatic amines is 1. The van der Waals surface area contributed by atoms with Gasteiger partial charge < -0.3 is 4.98 Å². The van der Waals surface area contributed by atoms with Gasteiger partial charge in [-0.1, -0.05) is 12.1 Å². The minimum atomic E-state index is -0.311. The quantitative estimate of drug-likeness (QED) is 0.857. The first kappa shape index (κ1) is 12.0. The molecule has 0 radical (unpaired) electrons. The number of benzene rings is 1. The molecule has 2 rings (SSSR count). The predicted octanol–water partition coefficient (Wildman–Crippen LogP) is 3.56. The number of hydrogen-bond donors (Lipinski definition) is 1. The Hall–Kier alpha value is -1.42. The van der Waals surface area contributed by atoms with Crippen LogP contribution < -0.4 is 5.43 Å². The van der Waals surface area contributed by atoms with Crippen LogP contribution in [0.25, 0.3) is 11.1 Å². The van der Waals surface area contributed by atoms with E-state index in [9.17, 15) is 9.18 Å². The first-order chi connectivity index (χ1) is 8.00. The summed E-state index contributed by atoms with van der Waals surface area (Å²) in [6.45, 7) is 3.66. The molecule has 1 aromatic carbocycles. The van der Waals surface area contributed by atoms with Gasteiger partial charge in [-0.15, -0.1) is 0 Å². The Morgan fingerprint density at radius 2 is 1.71 bits per heavy atom. The fourth-order valence-corrected chi connectivity index (χ4v) is 2.11. The fraction of sp³-hybridized carbons (Fsp3) is 0.154. The zero-order chi connectivity index (χ0) is 12.6. The summed E-state index contributed by atoms with van der Waals surface area (Å²) in [6, 6.07) is 5.91. The van der Waals surface area contributed by atoms with Crippen molar-refractivity contribution in [2.45, 2.75) is 13.8 Å².